The average Bonchev–Trinajstić information content (AvgIpc) is 2.82. The van der Waals surface area contributed by atoms with E-state index in [2.05, 4.69) is 35.1 Å². The van der Waals surface area contributed by atoms with Crippen LogP contribution in [0.25, 0.3) is 0 Å². The Morgan fingerprint density at radius 3 is 2.87 bits per heavy atom. The monoisotopic (exact) mass is 333 g/mol. The normalized spacial score (nSPS) is 11.6. The van der Waals surface area contributed by atoms with E-state index in [1.165, 1.54) is 0 Å². The first-order chi connectivity index (χ1) is 11.0. The summed E-state index contributed by atoms with van der Waals surface area (Å²) in [6.07, 6.45) is 3.71. The number of rotatable bonds is 5. The molecule has 0 aromatic carbocycles. The number of hydrogen-bond acceptors (Lipinski definition) is 2. The van der Waals surface area contributed by atoms with Gasteiger partial charge in [0.2, 0.25) is 0 Å². The van der Waals surface area contributed by atoms with E-state index >= 15 is 0 Å². The van der Waals surface area contributed by atoms with E-state index in [0.29, 0.717) is 6.54 Å². The highest BCUT2D eigenvalue weighted by molar-refractivity contribution is 6.30. The summed E-state index contributed by atoms with van der Waals surface area (Å²) in [5.74, 6) is 0.856. The van der Waals surface area contributed by atoms with Crippen molar-refractivity contribution < 1.29 is 0 Å². The van der Waals surface area contributed by atoms with Crippen LogP contribution in [0.15, 0.2) is 35.6 Å². The third-order valence-electron chi connectivity index (χ3n) is 3.67. The summed E-state index contributed by atoms with van der Waals surface area (Å²) < 4.78 is 2.03. The van der Waals surface area contributed by atoms with Gasteiger partial charge in [0.15, 0.2) is 5.96 Å². The van der Waals surface area contributed by atoms with Gasteiger partial charge >= 0.3 is 0 Å². The number of guanidine groups is 1. The summed E-state index contributed by atoms with van der Waals surface area (Å²) >= 11 is 6.06. The van der Waals surface area contributed by atoms with Crippen molar-refractivity contribution in [3.05, 3.63) is 52.6 Å². The zero-order valence-corrected chi connectivity index (χ0v) is 14.9. The maximum Gasteiger partial charge on any atom is 0.194 e. The van der Waals surface area contributed by atoms with E-state index in [1.54, 1.807) is 6.20 Å². The molecule has 5 nitrogen and oxygen atoms in total. The molecule has 2 aromatic heterocycles. The lowest BCUT2D eigenvalue weighted by Crippen LogP contribution is -2.38. The number of nitrogens with zero attached hydrogens (tertiary/aromatic N) is 4. The maximum absolute atomic E-state index is 6.06. The lowest BCUT2D eigenvalue weighted by atomic mass is 10.2. The van der Waals surface area contributed by atoms with Gasteiger partial charge < -0.3 is 14.8 Å². The molecule has 0 saturated heterocycles. The van der Waals surface area contributed by atoms with Crippen molar-refractivity contribution in [3.8, 4) is 0 Å². The van der Waals surface area contributed by atoms with Gasteiger partial charge in [-0.1, -0.05) is 17.7 Å². The number of aryl methyl sites for hydroxylation is 2. The van der Waals surface area contributed by atoms with Gasteiger partial charge in [0.05, 0.1) is 23.8 Å². The van der Waals surface area contributed by atoms with Crippen molar-refractivity contribution in [1.29, 1.82) is 0 Å². The first kappa shape index (κ1) is 17.3. The molecule has 0 bridgehead atoms. The van der Waals surface area contributed by atoms with E-state index in [1.807, 2.05) is 37.0 Å². The second kappa shape index (κ2) is 8.02. The minimum Gasteiger partial charge on any atom is -0.357 e. The van der Waals surface area contributed by atoms with Crippen LogP contribution < -0.4 is 5.32 Å². The predicted molar refractivity (Wildman–Crippen MR) is 95.7 cm³/mol. The Kier molecular flexibility index (Phi) is 6.04. The Labute approximate surface area is 143 Å². The molecule has 6 heteroatoms. The molecule has 0 aliphatic carbocycles. The number of hydrogen-bond donors (Lipinski definition) is 1. The lowest BCUT2D eigenvalue weighted by Gasteiger charge is -2.22. The molecule has 0 fully saturated rings. The van der Waals surface area contributed by atoms with Gasteiger partial charge in [0.1, 0.15) is 0 Å². The van der Waals surface area contributed by atoms with E-state index in [9.17, 15) is 0 Å². The van der Waals surface area contributed by atoms with E-state index in [-0.39, 0.29) is 0 Å². The smallest absolute Gasteiger partial charge is 0.194 e. The van der Waals surface area contributed by atoms with Gasteiger partial charge in [-0.15, -0.1) is 0 Å². The van der Waals surface area contributed by atoms with Crippen molar-refractivity contribution in [1.82, 2.24) is 19.8 Å². The minimum absolute atomic E-state index is 0.563. The van der Waals surface area contributed by atoms with Gasteiger partial charge in [0.25, 0.3) is 0 Å². The molecule has 2 rings (SSSR count). The Bertz CT molecular complexity index is 677. The molecule has 0 amide bonds. The van der Waals surface area contributed by atoms with Crippen LogP contribution in [0.1, 0.15) is 23.9 Å². The molecule has 0 radical (unpaired) electrons. The molecular weight excluding hydrogens is 310 g/mol. The number of nitrogens with one attached hydrogen (secondary N) is 1. The van der Waals surface area contributed by atoms with Crippen molar-refractivity contribution in [2.24, 2.45) is 12.0 Å². The maximum atomic E-state index is 6.06. The van der Waals surface area contributed by atoms with Crippen molar-refractivity contribution in [3.63, 3.8) is 0 Å². The molecule has 1 N–H and O–H groups in total. The molecular formula is C17H24ClN5. The molecule has 0 saturated carbocycles. The fourth-order valence-corrected chi connectivity index (χ4v) is 2.62. The molecule has 124 valence electrons. The van der Waals surface area contributed by atoms with Crippen molar-refractivity contribution in [2.45, 2.75) is 26.9 Å². The highest BCUT2D eigenvalue weighted by atomic mass is 35.5. The third-order valence-corrected chi connectivity index (χ3v) is 3.87. The highest BCUT2D eigenvalue weighted by Crippen LogP contribution is 2.14. The number of pyridine rings is 1. The number of aliphatic imine (C=N–C) groups is 1. The van der Waals surface area contributed by atoms with Crippen LogP contribution >= 0.6 is 11.6 Å². The van der Waals surface area contributed by atoms with E-state index < -0.39 is 0 Å². The van der Waals surface area contributed by atoms with Gasteiger partial charge in [-0.2, -0.15) is 0 Å². The lowest BCUT2D eigenvalue weighted by molar-refractivity contribution is 0.461. The van der Waals surface area contributed by atoms with Crippen LogP contribution in [-0.4, -0.2) is 34.0 Å². The van der Waals surface area contributed by atoms with E-state index in [4.69, 9.17) is 16.6 Å². The Hall–Kier alpha value is -2.01. The Morgan fingerprint density at radius 2 is 2.26 bits per heavy atom. The molecule has 0 unspecified atom stereocenters. The zero-order valence-electron chi connectivity index (χ0n) is 14.2. The summed E-state index contributed by atoms with van der Waals surface area (Å²) in [5.41, 5.74) is 3.29. The standard InChI is InChI=1S/C17H24ClN5/c1-5-19-17(21-10-16-13(2)7-6-8-20-16)23(4)12-15-9-14(18)11-22(15)3/h6-9,11H,5,10,12H2,1-4H3,(H,19,21). The van der Waals surface area contributed by atoms with Crippen LogP contribution in [-0.2, 0) is 20.1 Å². The highest BCUT2D eigenvalue weighted by Gasteiger charge is 2.10. The minimum atomic E-state index is 0.563. The van der Waals surface area contributed by atoms with Crippen LogP contribution in [0.2, 0.25) is 5.02 Å². The molecule has 23 heavy (non-hydrogen) atoms. The first-order valence-corrected chi connectivity index (χ1v) is 8.09. The van der Waals surface area contributed by atoms with Gasteiger partial charge in [0, 0.05) is 38.7 Å². The second-order valence-electron chi connectivity index (χ2n) is 5.55. The molecule has 2 aromatic rings. The summed E-state index contributed by atoms with van der Waals surface area (Å²) in [4.78, 5) is 11.2. The third kappa shape index (κ3) is 4.73. The summed E-state index contributed by atoms with van der Waals surface area (Å²) in [7, 11) is 4.02. The summed E-state index contributed by atoms with van der Waals surface area (Å²) in [6.45, 7) is 6.23. The molecule has 0 spiro atoms. The Morgan fingerprint density at radius 1 is 1.48 bits per heavy atom. The van der Waals surface area contributed by atoms with E-state index in [0.717, 1.165) is 41.0 Å². The van der Waals surface area contributed by atoms with Crippen molar-refractivity contribution in [2.75, 3.05) is 13.6 Å². The number of aromatic nitrogens is 2. The fourth-order valence-electron chi connectivity index (χ4n) is 2.34. The molecule has 0 atom stereocenters. The predicted octanol–water partition coefficient (Wildman–Crippen LogP) is 2.98. The molecule has 0 aliphatic heterocycles. The van der Waals surface area contributed by atoms with Crippen LogP contribution in [0.4, 0.5) is 0 Å². The summed E-state index contributed by atoms with van der Waals surface area (Å²) in [6, 6.07) is 5.98. The Balaban J connectivity index is 2.11. The van der Waals surface area contributed by atoms with Gasteiger partial charge in [-0.3, -0.25) is 4.98 Å². The van der Waals surface area contributed by atoms with Crippen molar-refractivity contribution >= 4 is 17.6 Å². The second-order valence-corrected chi connectivity index (χ2v) is 5.99. The van der Waals surface area contributed by atoms with Crippen LogP contribution in [0.5, 0.6) is 0 Å². The quantitative estimate of drug-likeness (QED) is 0.676. The molecule has 0 aliphatic rings. The topological polar surface area (TPSA) is 45.5 Å². The van der Waals surface area contributed by atoms with Gasteiger partial charge in [-0.05, 0) is 31.5 Å². The van der Waals surface area contributed by atoms with Crippen LogP contribution in [0.3, 0.4) is 0 Å². The first-order valence-electron chi connectivity index (χ1n) is 7.72. The SMILES string of the molecule is CCNC(=NCc1ncccc1C)N(C)Cc1cc(Cl)cn1C. The van der Waals surface area contributed by atoms with Gasteiger partial charge in [-0.25, -0.2) is 4.99 Å². The fraction of sp³-hybridized carbons (Fsp3) is 0.412. The largest absolute Gasteiger partial charge is 0.357 e. The molecule has 2 heterocycles. The summed E-state index contributed by atoms with van der Waals surface area (Å²) in [5, 5.41) is 4.08. The number of halogens is 1. The zero-order chi connectivity index (χ0) is 16.8. The van der Waals surface area contributed by atoms with Crippen LogP contribution in [0, 0.1) is 6.92 Å². The average molecular weight is 334 g/mol.